The Morgan fingerprint density at radius 1 is 1.31 bits per heavy atom. The molecule has 0 aromatic heterocycles. The molecule has 16 heavy (non-hydrogen) atoms. The van der Waals surface area contributed by atoms with E-state index in [9.17, 15) is 22.8 Å². The first-order valence-corrected chi connectivity index (χ1v) is 4.18. The number of Topliss-reactive ketones (excluding diaryl/α,β-unsaturated/α-hetero) is 1. The lowest BCUT2D eigenvalue weighted by Gasteiger charge is -2.05. The van der Waals surface area contributed by atoms with Gasteiger partial charge in [0.1, 0.15) is 11.6 Å². The third-order valence-electron chi connectivity index (χ3n) is 1.83. The maximum atomic E-state index is 13.1. The number of benzene rings is 1. The molecule has 3 nitrogen and oxygen atoms in total. The van der Waals surface area contributed by atoms with E-state index in [1.165, 1.54) is 0 Å². The van der Waals surface area contributed by atoms with Crippen LogP contribution in [-0.4, -0.2) is 25.0 Å². The summed E-state index contributed by atoms with van der Waals surface area (Å²) in [5.74, 6) is -4.95. The number of ketones is 1. The van der Waals surface area contributed by atoms with E-state index in [-0.39, 0.29) is 0 Å². The highest BCUT2D eigenvalue weighted by Gasteiger charge is 2.29. The molecule has 0 aliphatic heterocycles. The van der Waals surface area contributed by atoms with Gasteiger partial charge in [0.05, 0.1) is 12.7 Å². The van der Waals surface area contributed by atoms with Crippen molar-refractivity contribution in [3.63, 3.8) is 0 Å². The van der Waals surface area contributed by atoms with Gasteiger partial charge in [-0.25, -0.2) is 18.0 Å². The normalized spacial score (nSPS) is 12.0. The molecule has 86 valence electrons. The Hall–Kier alpha value is -1.85. The van der Waals surface area contributed by atoms with Crippen LogP contribution in [0.1, 0.15) is 10.4 Å². The average molecular weight is 232 g/mol. The van der Waals surface area contributed by atoms with Gasteiger partial charge in [-0.1, -0.05) is 0 Å². The van der Waals surface area contributed by atoms with Gasteiger partial charge in [-0.15, -0.1) is 0 Å². The van der Waals surface area contributed by atoms with Crippen molar-refractivity contribution in [1.82, 2.24) is 0 Å². The van der Waals surface area contributed by atoms with E-state index in [1.807, 2.05) is 0 Å². The van der Waals surface area contributed by atoms with Gasteiger partial charge >= 0.3 is 5.97 Å². The number of hydrogen-bond donors (Lipinski definition) is 0. The number of ether oxygens (including phenoxy) is 1. The lowest BCUT2D eigenvalue weighted by atomic mass is 10.1. The molecular formula is C10H7F3O3. The molecule has 1 aromatic rings. The zero-order chi connectivity index (χ0) is 12.3. The van der Waals surface area contributed by atoms with Crippen molar-refractivity contribution in [3.8, 4) is 0 Å². The molecule has 1 aromatic carbocycles. The van der Waals surface area contributed by atoms with Gasteiger partial charge in [-0.3, -0.25) is 4.79 Å². The van der Waals surface area contributed by atoms with Crippen LogP contribution in [0.5, 0.6) is 0 Å². The molecule has 0 saturated heterocycles. The molecule has 1 atom stereocenters. The summed E-state index contributed by atoms with van der Waals surface area (Å²) in [6, 6.07) is 1.99. The van der Waals surface area contributed by atoms with Crippen LogP contribution in [0.2, 0.25) is 0 Å². The fraction of sp³-hybridized carbons (Fsp3) is 0.200. The van der Waals surface area contributed by atoms with E-state index >= 15 is 0 Å². The molecule has 6 heteroatoms. The summed E-state index contributed by atoms with van der Waals surface area (Å²) >= 11 is 0. The maximum Gasteiger partial charge on any atom is 0.348 e. The molecule has 0 heterocycles. The SMILES string of the molecule is COC(=O)C(F)C(=O)c1ccc(F)cc1F. The first kappa shape index (κ1) is 12.2. The van der Waals surface area contributed by atoms with Gasteiger partial charge in [0.25, 0.3) is 6.17 Å². The summed E-state index contributed by atoms with van der Waals surface area (Å²) in [6.07, 6.45) is -2.61. The zero-order valence-corrected chi connectivity index (χ0v) is 8.17. The summed E-state index contributed by atoms with van der Waals surface area (Å²) in [6.45, 7) is 0. The number of alkyl halides is 1. The molecule has 0 bridgehead atoms. The first-order valence-electron chi connectivity index (χ1n) is 4.18. The lowest BCUT2D eigenvalue weighted by Crippen LogP contribution is -2.27. The minimum atomic E-state index is -2.61. The van der Waals surface area contributed by atoms with E-state index in [0.717, 1.165) is 19.2 Å². The molecule has 0 amide bonds. The van der Waals surface area contributed by atoms with E-state index in [2.05, 4.69) is 4.74 Å². The smallest absolute Gasteiger partial charge is 0.348 e. The van der Waals surface area contributed by atoms with Gasteiger partial charge in [0, 0.05) is 6.07 Å². The Morgan fingerprint density at radius 3 is 2.44 bits per heavy atom. The summed E-state index contributed by atoms with van der Waals surface area (Å²) in [7, 11) is 0.892. The lowest BCUT2D eigenvalue weighted by molar-refractivity contribution is -0.144. The maximum absolute atomic E-state index is 13.1. The average Bonchev–Trinajstić information content (AvgIpc) is 2.26. The number of methoxy groups -OCH3 is 1. The Bertz CT molecular complexity index is 431. The van der Waals surface area contributed by atoms with Crippen molar-refractivity contribution in [3.05, 3.63) is 35.4 Å². The van der Waals surface area contributed by atoms with Crippen LogP contribution in [0.3, 0.4) is 0 Å². The number of carbonyl (C=O) groups is 2. The molecule has 0 spiro atoms. The van der Waals surface area contributed by atoms with Crippen molar-refractivity contribution >= 4 is 11.8 Å². The predicted octanol–water partition coefficient (Wildman–Crippen LogP) is 1.66. The Labute approximate surface area is 88.8 Å². The Balaban J connectivity index is 3.01. The highest BCUT2D eigenvalue weighted by atomic mass is 19.1. The second kappa shape index (κ2) is 4.78. The Morgan fingerprint density at radius 2 is 1.94 bits per heavy atom. The van der Waals surface area contributed by atoms with E-state index in [1.54, 1.807) is 0 Å². The third kappa shape index (κ3) is 2.39. The Kier molecular flexibility index (Phi) is 3.65. The van der Waals surface area contributed by atoms with Gasteiger partial charge < -0.3 is 4.74 Å². The molecule has 0 radical (unpaired) electrons. The fourth-order valence-electron chi connectivity index (χ4n) is 1.04. The van der Waals surface area contributed by atoms with Crippen molar-refractivity contribution in [1.29, 1.82) is 0 Å². The largest absolute Gasteiger partial charge is 0.467 e. The van der Waals surface area contributed by atoms with Crippen LogP contribution in [-0.2, 0) is 9.53 Å². The summed E-state index contributed by atoms with van der Waals surface area (Å²) in [5, 5.41) is 0. The molecule has 0 aliphatic rings. The molecule has 0 N–H and O–H groups in total. The molecule has 1 rings (SSSR count). The highest BCUT2D eigenvalue weighted by Crippen LogP contribution is 2.13. The zero-order valence-electron chi connectivity index (χ0n) is 8.17. The number of halogens is 3. The van der Waals surface area contributed by atoms with E-state index in [0.29, 0.717) is 6.07 Å². The molecule has 0 fully saturated rings. The summed E-state index contributed by atoms with van der Waals surface area (Å²) < 4.78 is 42.6. The van der Waals surface area contributed by atoms with Crippen LogP contribution in [0, 0.1) is 11.6 Å². The van der Waals surface area contributed by atoms with Crippen LogP contribution in [0.4, 0.5) is 13.2 Å². The quantitative estimate of drug-likeness (QED) is 0.452. The molecule has 0 aliphatic carbocycles. The molecule has 0 saturated carbocycles. The number of hydrogen-bond acceptors (Lipinski definition) is 3. The highest BCUT2D eigenvalue weighted by molar-refractivity contribution is 6.11. The van der Waals surface area contributed by atoms with Crippen LogP contribution >= 0.6 is 0 Å². The fourth-order valence-corrected chi connectivity index (χ4v) is 1.04. The van der Waals surface area contributed by atoms with Crippen molar-refractivity contribution in [2.24, 2.45) is 0 Å². The van der Waals surface area contributed by atoms with Gasteiger partial charge in [-0.05, 0) is 12.1 Å². The first-order chi connectivity index (χ1) is 7.47. The van der Waals surface area contributed by atoms with Crippen LogP contribution in [0.15, 0.2) is 18.2 Å². The van der Waals surface area contributed by atoms with Gasteiger partial charge in [0.15, 0.2) is 0 Å². The number of esters is 1. The summed E-state index contributed by atoms with van der Waals surface area (Å²) in [4.78, 5) is 21.9. The number of carbonyl (C=O) groups excluding carboxylic acids is 2. The van der Waals surface area contributed by atoms with Gasteiger partial charge in [-0.2, -0.15) is 0 Å². The van der Waals surface area contributed by atoms with E-state index in [4.69, 9.17) is 0 Å². The topological polar surface area (TPSA) is 43.4 Å². The monoisotopic (exact) mass is 232 g/mol. The van der Waals surface area contributed by atoms with Crippen LogP contribution < -0.4 is 0 Å². The van der Waals surface area contributed by atoms with E-state index < -0.39 is 35.1 Å². The third-order valence-corrected chi connectivity index (χ3v) is 1.83. The second-order valence-corrected chi connectivity index (χ2v) is 2.87. The predicted molar refractivity (Wildman–Crippen MR) is 47.6 cm³/mol. The number of rotatable bonds is 3. The van der Waals surface area contributed by atoms with Crippen molar-refractivity contribution in [2.75, 3.05) is 7.11 Å². The molecule has 1 unspecified atom stereocenters. The summed E-state index contributed by atoms with van der Waals surface area (Å²) in [5.41, 5.74) is -0.695. The van der Waals surface area contributed by atoms with Gasteiger partial charge in [0.2, 0.25) is 5.78 Å². The van der Waals surface area contributed by atoms with Crippen LogP contribution in [0.25, 0.3) is 0 Å². The second-order valence-electron chi connectivity index (χ2n) is 2.87. The minimum Gasteiger partial charge on any atom is -0.467 e. The van der Waals surface area contributed by atoms with Crippen molar-refractivity contribution in [2.45, 2.75) is 6.17 Å². The molecular weight excluding hydrogens is 225 g/mol. The minimum absolute atomic E-state index is 0.428. The van der Waals surface area contributed by atoms with Crippen molar-refractivity contribution < 1.29 is 27.5 Å². The standard InChI is InChI=1S/C10H7F3O3/c1-16-10(15)8(13)9(14)6-3-2-5(11)4-7(6)12/h2-4,8H,1H3.